The molecule has 1 rings (SSSR count). The third kappa shape index (κ3) is 4.25. The Morgan fingerprint density at radius 1 is 1.44 bits per heavy atom. The van der Waals surface area contributed by atoms with Crippen molar-refractivity contribution in [3.63, 3.8) is 0 Å². The molecule has 1 aromatic rings. The van der Waals surface area contributed by atoms with Gasteiger partial charge < -0.3 is 5.32 Å². The van der Waals surface area contributed by atoms with E-state index >= 15 is 0 Å². The highest BCUT2D eigenvalue weighted by Crippen LogP contribution is 2.04. The highest BCUT2D eigenvalue weighted by Gasteiger charge is 2.14. The van der Waals surface area contributed by atoms with E-state index in [0.29, 0.717) is 10.7 Å². The number of hydrogen-bond acceptors (Lipinski definition) is 4. The first-order valence-electron chi connectivity index (χ1n) is 5.13. The van der Waals surface area contributed by atoms with E-state index in [-0.39, 0.29) is 18.2 Å². The van der Waals surface area contributed by atoms with E-state index in [2.05, 4.69) is 10.3 Å². The molecule has 8 heteroatoms. The van der Waals surface area contributed by atoms with Crippen LogP contribution in [0.2, 0.25) is 5.15 Å². The SMILES string of the molecule is CN(C)S(=O)(=O)CCNC(=O)c1ccc(Cl)nc1. The Morgan fingerprint density at radius 2 is 2.11 bits per heavy atom. The number of rotatable bonds is 5. The molecule has 0 aliphatic rings. The average molecular weight is 292 g/mol. The monoisotopic (exact) mass is 291 g/mol. The van der Waals surface area contributed by atoms with Crippen LogP contribution in [0.15, 0.2) is 18.3 Å². The zero-order valence-electron chi connectivity index (χ0n) is 10.1. The zero-order chi connectivity index (χ0) is 13.8. The van der Waals surface area contributed by atoms with Crippen LogP contribution in [0, 0.1) is 0 Å². The molecule has 0 fully saturated rings. The second-order valence-corrected chi connectivity index (χ2v) is 6.41. The zero-order valence-corrected chi connectivity index (χ0v) is 11.6. The number of aromatic nitrogens is 1. The molecule has 0 saturated carbocycles. The maximum Gasteiger partial charge on any atom is 0.252 e. The summed E-state index contributed by atoms with van der Waals surface area (Å²) in [5.41, 5.74) is 0.335. The number of nitrogens with zero attached hydrogens (tertiary/aromatic N) is 2. The fraction of sp³-hybridized carbons (Fsp3) is 0.400. The molecule has 18 heavy (non-hydrogen) atoms. The number of pyridine rings is 1. The minimum atomic E-state index is -3.30. The summed E-state index contributed by atoms with van der Waals surface area (Å²) in [5, 5.41) is 2.79. The van der Waals surface area contributed by atoms with Crippen molar-refractivity contribution in [1.29, 1.82) is 0 Å². The van der Waals surface area contributed by atoms with Gasteiger partial charge in [-0.15, -0.1) is 0 Å². The van der Waals surface area contributed by atoms with Crippen molar-refractivity contribution in [2.24, 2.45) is 0 Å². The lowest BCUT2D eigenvalue weighted by molar-refractivity contribution is 0.0955. The summed E-state index contributed by atoms with van der Waals surface area (Å²) in [4.78, 5) is 15.4. The van der Waals surface area contributed by atoms with Crippen LogP contribution in [-0.2, 0) is 10.0 Å². The van der Waals surface area contributed by atoms with E-state index < -0.39 is 10.0 Å². The first kappa shape index (κ1) is 14.9. The number of carbonyl (C=O) groups is 1. The Kier molecular flexibility index (Phi) is 5.06. The predicted molar refractivity (Wildman–Crippen MR) is 69.1 cm³/mol. The van der Waals surface area contributed by atoms with Gasteiger partial charge in [0.15, 0.2) is 0 Å². The molecule has 0 spiro atoms. The van der Waals surface area contributed by atoms with Crippen molar-refractivity contribution in [1.82, 2.24) is 14.6 Å². The minimum Gasteiger partial charge on any atom is -0.351 e. The predicted octanol–water partition coefficient (Wildman–Crippen LogP) is 0.356. The maximum atomic E-state index is 11.6. The van der Waals surface area contributed by atoms with Gasteiger partial charge in [-0.1, -0.05) is 11.6 Å². The molecular weight excluding hydrogens is 278 g/mol. The van der Waals surface area contributed by atoms with E-state index in [1.165, 1.54) is 32.4 Å². The summed E-state index contributed by atoms with van der Waals surface area (Å²) in [6, 6.07) is 3.01. The molecule has 1 N–H and O–H groups in total. The summed E-state index contributed by atoms with van der Waals surface area (Å²) in [7, 11) is -0.411. The summed E-state index contributed by atoms with van der Waals surface area (Å²) in [6.45, 7) is 0.0436. The summed E-state index contributed by atoms with van der Waals surface area (Å²) in [6.07, 6.45) is 1.33. The number of carbonyl (C=O) groups excluding carboxylic acids is 1. The van der Waals surface area contributed by atoms with Gasteiger partial charge in [0.2, 0.25) is 10.0 Å². The summed E-state index contributed by atoms with van der Waals surface area (Å²) in [5.74, 6) is -0.527. The number of sulfonamides is 1. The number of amides is 1. The van der Waals surface area contributed by atoms with Crippen LogP contribution in [0.1, 0.15) is 10.4 Å². The highest BCUT2D eigenvalue weighted by atomic mass is 35.5. The molecule has 0 atom stereocenters. The Balaban J connectivity index is 2.50. The van der Waals surface area contributed by atoms with E-state index in [1.54, 1.807) is 0 Å². The molecule has 0 bridgehead atoms. The quantitative estimate of drug-likeness (QED) is 0.794. The van der Waals surface area contributed by atoms with Crippen molar-refractivity contribution < 1.29 is 13.2 Å². The second-order valence-electron chi connectivity index (χ2n) is 3.72. The van der Waals surface area contributed by atoms with Gasteiger partial charge in [0.05, 0.1) is 11.3 Å². The number of hydrogen-bond donors (Lipinski definition) is 1. The molecule has 1 aromatic heterocycles. The maximum absolute atomic E-state index is 11.6. The molecule has 0 aliphatic heterocycles. The van der Waals surface area contributed by atoms with Crippen LogP contribution in [0.4, 0.5) is 0 Å². The molecule has 0 unspecified atom stereocenters. The molecule has 1 heterocycles. The second kappa shape index (κ2) is 6.12. The molecule has 0 saturated heterocycles. The van der Waals surface area contributed by atoms with Gasteiger partial charge in [0, 0.05) is 26.8 Å². The Labute approximate surface area is 111 Å². The molecule has 0 aliphatic carbocycles. The van der Waals surface area contributed by atoms with E-state index in [0.717, 1.165) is 4.31 Å². The van der Waals surface area contributed by atoms with E-state index in [4.69, 9.17) is 11.6 Å². The van der Waals surface area contributed by atoms with Gasteiger partial charge in [0.25, 0.3) is 5.91 Å². The Bertz CT molecular complexity index is 514. The number of nitrogens with one attached hydrogen (secondary N) is 1. The molecule has 1 amide bonds. The van der Waals surface area contributed by atoms with Gasteiger partial charge in [0.1, 0.15) is 5.15 Å². The summed E-state index contributed by atoms with van der Waals surface area (Å²) < 4.78 is 24.0. The topological polar surface area (TPSA) is 79.4 Å². The normalized spacial score (nSPS) is 11.6. The molecule has 100 valence electrons. The Hall–Kier alpha value is -1.18. The van der Waals surface area contributed by atoms with Crippen LogP contribution < -0.4 is 5.32 Å². The van der Waals surface area contributed by atoms with Crippen molar-refractivity contribution in [2.75, 3.05) is 26.4 Å². The van der Waals surface area contributed by atoms with Crippen LogP contribution in [-0.4, -0.2) is 50.0 Å². The number of halogens is 1. The fourth-order valence-electron chi connectivity index (χ4n) is 1.09. The highest BCUT2D eigenvalue weighted by molar-refractivity contribution is 7.89. The van der Waals surface area contributed by atoms with Crippen molar-refractivity contribution in [3.05, 3.63) is 29.0 Å². The first-order chi connectivity index (χ1) is 8.33. The third-order valence-electron chi connectivity index (χ3n) is 2.19. The van der Waals surface area contributed by atoms with Crippen LogP contribution in [0.5, 0.6) is 0 Å². The van der Waals surface area contributed by atoms with Crippen molar-refractivity contribution >= 4 is 27.5 Å². The Morgan fingerprint density at radius 3 is 2.61 bits per heavy atom. The van der Waals surface area contributed by atoms with E-state index in [9.17, 15) is 13.2 Å². The first-order valence-corrected chi connectivity index (χ1v) is 7.11. The minimum absolute atomic E-state index is 0.0436. The van der Waals surface area contributed by atoms with Crippen LogP contribution in [0.25, 0.3) is 0 Å². The van der Waals surface area contributed by atoms with Gasteiger partial charge in [-0.2, -0.15) is 0 Å². The molecular formula is C10H14ClN3O3S. The van der Waals surface area contributed by atoms with Crippen molar-refractivity contribution in [2.45, 2.75) is 0 Å². The lowest BCUT2D eigenvalue weighted by Crippen LogP contribution is -2.33. The fourth-order valence-corrected chi connectivity index (χ4v) is 1.93. The van der Waals surface area contributed by atoms with Gasteiger partial charge in [-0.3, -0.25) is 4.79 Å². The largest absolute Gasteiger partial charge is 0.351 e. The van der Waals surface area contributed by atoms with Gasteiger partial charge in [-0.25, -0.2) is 17.7 Å². The molecule has 6 nitrogen and oxygen atoms in total. The van der Waals surface area contributed by atoms with Crippen LogP contribution in [0.3, 0.4) is 0 Å². The smallest absolute Gasteiger partial charge is 0.252 e. The lowest BCUT2D eigenvalue weighted by Gasteiger charge is -2.11. The van der Waals surface area contributed by atoms with Gasteiger partial charge >= 0.3 is 0 Å². The molecule has 0 aromatic carbocycles. The average Bonchev–Trinajstić information content (AvgIpc) is 2.29. The van der Waals surface area contributed by atoms with Crippen LogP contribution >= 0.6 is 11.6 Å². The molecule has 0 radical (unpaired) electrons. The van der Waals surface area contributed by atoms with E-state index in [1.807, 2.05) is 0 Å². The lowest BCUT2D eigenvalue weighted by atomic mass is 10.3. The summed E-state index contributed by atoms with van der Waals surface area (Å²) >= 11 is 5.59. The van der Waals surface area contributed by atoms with Gasteiger partial charge in [-0.05, 0) is 12.1 Å². The third-order valence-corrected chi connectivity index (χ3v) is 4.25. The van der Waals surface area contributed by atoms with Crippen molar-refractivity contribution in [3.8, 4) is 0 Å². The standard InChI is InChI=1S/C10H14ClN3O3S/c1-14(2)18(16,17)6-5-12-10(15)8-3-4-9(11)13-7-8/h3-4,7H,5-6H2,1-2H3,(H,12,15).